The molecule has 0 radical (unpaired) electrons. The molecule has 142 valence electrons. The zero-order valence-electron chi connectivity index (χ0n) is 15.5. The van der Waals surface area contributed by atoms with Gasteiger partial charge in [0.2, 0.25) is 23.6 Å². The summed E-state index contributed by atoms with van der Waals surface area (Å²) in [5.41, 5.74) is 1.11. The maximum atomic E-state index is 12.1. The third-order valence-electron chi connectivity index (χ3n) is 4.23. The average molecular weight is 369 g/mol. The van der Waals surface area contributed by atoms with Crippen LogP contribution in [0.2, 0.25) is 0 Å². The number of benzene rings is 1. The summed E-state index contributed by atoms with van der Waals surface area (Å²) in [4.78, 5) is 35.6. The quantitative estimate of drug-likeness (QED) is 0.856. The molecule has 2 heterocycles. The second kappa shape index (κ2) is 8.48. The number of rotatable bonds is 5. The van der Waals surface area contributed by atoms with Gasteiger partial charge in [-0.2, -0.15) is 4.98 Å². The van der Waals surface area contributed by atoms with Crippen LogP contribution in [0.5, 0.6) is 11.6 Å². The van der Waals surface area contributed by atoms with Crippen molar-refractivity contribution < 1.29 is 14.3 Å². The molecule has 0 saturated carbocycles. The highest BCUT2D eigenvalue weighted by molar-refractivity contribution is 5.83. The number of anilines is 1. The Hall–Kier alpha value is -3.16. The van der Waals surface area contributed by atoms with E-state index < -0.39 is 0 Å². The summed E-state index contributed by atoms with van der Waals surface area (Å²) in [5.74, 6) is 1.50. The molecule has 1 N–H and O–H groups in total. The minimum Gasteiger partial charge on any atom is -0.439 e. The predicted molar refractivity (Wildman–Crippen MR) is 101 cm³/mol. The molecule has 1 aromatic heterocycles. The predicted octanol–water partition coefficient (Wildman–Crippen LogP) is 1.36. The molecule has 0 bridgehead atoms. The van der Waals surface area contributed by atoms with Crippen LogP contribution in [0.3, 0.4) is 0 Å². The fourth-order valence-corrected chi connectivity index (χ4v) is 2.81. The SMILES string of the molecule is CC(=O)NCC(=O)N1CCN(c2nccc(Oc3cccc(C)c3)n2)CC1. The van der Waals surface area contributed by atoms with Gasteiger partial charge in [0, 0.05) is 45.4 Å². The smallest absolute Gasteiger partial charge is 0.242 e. The van der Waals surface area contributed by atoms with Crippen molar-refractivity contribution in [2.75, 3.05) is 37.6 Å². The second-order valence-corrected chi connectivity index (χ2v) is 6.39. The van der Waals surface area contributed by atoms with E-state index in [1.807, 2.05) is 36.1 Å². The van der Waals surface area contributed by atoms with Crippen LogP contribution in [0, 0.1) is 6.92 Å². The molecule has 1 aliphatic heterocycles. The molecule has 0 unspecified atom stereocenters. The van der Waals surface area contributed by atoms with Gasteiger partial charge >= 0.3 is 0 Å². The second-order valence-electron chi connectivity index (χ2n) is 6.39. The number of nitrogens with zero attached hydrogens (tertiary/aromatic N) is 4. The highest BCUT2D eigenvalue weighted by Crippen LogP contribution is 2.22. The van der Waals surface area contributed by atoms with Crippen molar-refractivity contribution in [2.24, 2.45) is 0 Å². The third-order valence-corrected chi connectivity index (χ3v) is 4.23. The van der Waals surface area contributed by atoms with E-state index >= 15 is 0 Å². The van der Waals surface area contributed by atoms with Crippen LogP contribution in [0.4, 0.5) is 5.95 Å². The topological polar surface area (TPSA) is 87.7 Å². The molecule has 0 atom stereocenters. The Kier molecular flexibility index (Phi) is 5.85. The van der Waals surface area contributed by atoms with Gasteiger partial charge in [-0.15, -0.1) is 0 Å². The van der Waals surface area contributed by atoms with Gasteiger partial charge in [-0.05, 0) is 24.6 Å². The number of carbonyl (C=O) groups excluding carboxylic acids is 2. The first-order valence-corrected chi connectivity index (χ1v) is 8.86. The first-order chi connectivity index (χ1) is 13.0. The highest BCUT2D eigenvalue weighted by Gasteiger charge is 2.22. The lowest BCUT2D eigenvalue weighted by Crippen LogP contribution is -2.51. The van der Waals surface area contributed by atoms with Gasteiger partial charge in [-0.3, -0.25) is 9.59 Å². The van der Waals surface area contributed by atoms with E-state index in [1.54, 1.807) is 17.2 Å². The lowest BCUT2D eigenvalue weighted by Gasteiger charge is -2.34. The highest BCUT2D eigenvalue weighted by atomic mass is 16.5. The number of hydrogen-bond donors (Lipinski definition) is 1. The summed E-state index contributed by atoms with van der Waals surface area (Å²) in [7, 11) is 0. The van der Waals surface area contributed by atoms with Gasteiger partial charge in [-0.1, -0.05) is 12.1 Å². The molecular formula is C19H23N5O3. The summed E-state index contributed by atoms with van der Waals surface area (Å²) in [6, 6.07) is 9.49. The summed E-state index contributed by atoms with van der Waals surface area (Å²) in [5, 5.41) is 2.54. The number of aromatic nitrogens is 2. The van der Waals surface area contributed by atoms with E-state index in [0.717, 1.165) is 11.3 Å². The van der Waals surface area contributed by atoms with Gasteiger partial charge in [0.15, 0.2) is 0 Å². The monoisotopic (exact) mass is 369 g/mol. The fraction of sp³-hybridized carbons (Fsp3) is 0.368. The van der Waals surface area contributed by atoms with Gasteiger partial charge in [0.1, 0.15) is 5.75 Å². The Morgan fingerprint density at radius 1 is 1.19 bits per heavy atom. The summed E-state index contributed by atoms with van der Waals surface area (Å²) < 4.78 is 5.82. The Bertz CT molecular complexity index is 818. The molecule has 2 aromatic rings. The number of piperazine rings is 1. The van der Waals surface area contributed by atoms with Crippen LogP contribution in [-0.2, 0) is 9.59 Å². The van der Waals surface area contributed by atoms with E-state index in [9.17, 15) is 9.59 Å². The summed E-state index contributed by atoms with van der Waals surface area (Å²) in [6.45, 7) is 5.81. The van der Waals surface area contributed by atoms with E-state index in [0.29, 0.717) is 38.0 Å². The van der Waals surface area contributed by atoms with Crippen molar-refractivity contribution in [3.63, 3.8) is 0 Å². The molecule has 1 aromatic carbocycles. The Labute approximate surface area is 158 Å². The van der Waals surface area contributed by atoms with Gasteiger partial charge in [-0.25, -0.2) is 4.98 Å². The Balaban J connectivity index is 1.58. The van der Waals surface area contributed by atoms with Gasteiger partial charge in [0.25, 0.3) is 0 Å². The number of hydrogen-bond acceptors (Lipinski definition) is 6. The van der Waals surface area contributed by atoms with Crippen LogP contribution >= 0.6 is 0 Å². The summed E-state index contributed by atoms with van der Waals surface area (Å²) >= 11 is 0. The molecule has 1 aliphatic rings. The zero-order chi connectivity index (χ0) is 19.2. The number of ether oxygens (including phenoxy) is 1. The van der Waals surface area contributed by atoms with Crippen molar-refractivity contribution in [3.05, 3.63) is 42.1 Å². The Morgan fingerprint density at radius 3 is 2.67 bits per heavy atom. The van der Waals surface area contributed by atoms with Crippen LogP contribution in [0.25, 0.3) is 0 Å². The van der Waals surface area contributed by atoms with Crippen LogP contribution < -0.4 is 15.0 Å². The first kappa shape index (κ1) is 18.6. The number of nitrogens with one attached hydrogen (secondary N) is 1. The maximum absolute atomic E-state index is 12.1. The average Bonchev–Trinajstić information content (AvgIpc) is 2.66. The van der Waals surface area contributed by atoms with E-state index in [-0.39, 0.29) is 18.4 Å². The van der Waals surface area contributed by atoms with Crippen molar-refractivity contribution in [2.45, 2.75) is 13.8 Å². The Morgan fingerprint density at radius 2 is 1.96 bits per heavy atom. The number of carbonyl (C=O) groups is 2. The molecule has 0 aliphatic carbocycles. The normalized spacial score (nSPS) is 14.0. The van der Waals surface area contributed by atoms with Crippen molar-refractivity contribution in [1.82, 2.24) is 20.2 Å². The van der Waals surface area contributed by atoms with Crippen LogP contribution in [0.1, 0.15) is 12.5 Å². The molecule has 2 amide bonds. The van der Waals surface area contributed by atoms with Crippen molar-refractivity contribution in [1.29, 1.82) is 0 Å². The largest absolute Gasteiger partial charge is 0.439 e. The molecule has 3 rings (SSSR count). The first-order valence-electron chi connectivity index (χ1n) is 8.86. The number of aryl methyl sites for hydroxylation is 1. The van der Waals surface area contributed by atoms with E-state index in [1.165, 1.54) is 6.92 Å². The molecular weight excluding hydrogens is 346 g/mol. The minimum atomic E-state index is -0.208. The molecule has 1 fully saturated rings. The lowest BCUT2D eigenvalue weighted by atomic mass is 10.2. The van der Waals surface area contributed by atoms with Crippen LogP contribution in [0.15, 0.2) is 36.5 Å². The molecule has 8 heteroatoms. The minimum absolute atomic E-state index is 0.0334. The van der Waals surface area contributed by atoms with Crippen molar-refractivity contribution in [3.8, 4) is 11.6 Å². The maximum Gasteiger partial charge on any atom is 0.242 e. The summed E-state index contributed by atoms with van der Waals surface area (Å²) in [6.07, 6.45) is 1.67. The standard InChI is InChI=1S/C19H23N5O3/c1-14-4-3-5-16(12-14)27-17-6-7-20-19(22-17)24-10-8-23(9-11-24)18(26)13-21-15(2)25/h3-7,12H,8-11,13H2,1-2H3,(H,21,25). The molecule has 8 nitrogen and oxygen atoms in total. The van der Waals surface area contributed by atoms with E-state index in [2.05, 4.69) is 15.3 Å². The lowest BCUT2D eigenvalue weighted by molar-refractivity contribution is -0.132. The van der Waals surface area contributed by atoms with Crippen molar-refractivity contribution >= 4 is 17.8 Å². The molecule has 1 saturated heterocycles. The third kappa shape index (κ3) is 5.16. The van der Waals surface area contributed by atoms with Gasteiger partial charge < -0.3 is 19.9 Å². The van der Waals surface area contributed by atoms with E-state index in [4.69, 9.17) is 4.74 Å². The zero-order valence-corrected chi connectivity index (χ0v) is 15.5. The van der Waals surface area contributed by atoms with Crippen LogP contribution in [-0.4, -0.2) is 59.4 Å². The molecule has 27 heavy (non-hydrogen) atoms. The number of amides is 2. The van der Waals surface area contributed by atoms with Gasteiger partial charge in [0.05, 0.1) is 6.54 Å². The molecule has 0 spiro atoms. The fourth-order valence-electron chi connectivity index (χ4n) is 2.81.